The molecule has 4 nitrogen and oxygen atoms in total. The first-order chi connectivity index (χ1) is 7.34. The molecule has 0 aromatic carbocycles. The van der Waals surface area contributed by atoms with Gasteiger partial charge >= 0.3 is 11.9 Å². The van der Waals surface area contributed by atoms with Gasteiger partial charge in [-0.3, -0.25) is 4.79 Å². The summed E-state index contributed by atoms with van der Waals surface area (Å²) in [7, 11) is 0. The van der Waals surface area contributed by atoms with Crippen LogP contribution in [0.5, 0.6) is 0 Å². The molecule has 0 aliphatic rings. The van der Waals surface area contributed by atoms with Crippen LogP contribution in [0.15, 0.2) is 12.2 Å². The van der Waals surface area contributed by atoms with Gasteiger partial charge in [-0.25, -0.2) is 4.79 Å². The number of ether oxygens (including phenoxy) is 1. The number of carbonyl (C=O) groups is 2. The zero-order chi connectivity index (χ0) is 12.9. The minimum atomic E-state index is -1.15. The van der Waals surface area contributed by atoms with E-state index in [1.807, 2.05) is 0 Å². The van der Waals surface area contributed by atoms with E-state index in [0.717, 1.165) is 0 Å². The van der Waals surface area contributed by atoms with Crippen molar-refractivity contribution in [1.29, 1.82) is 0 Å². The number of hydrogen-bond donors (Lipinski definition) is 1. The first-order valence-electron chi connectivity index (χ1n) is 5.44. The molecule has 0 bridgehead atoms. The third-order valence-electron chi connectivity index (χ3n) is 2.98. The van der Waals surface area contributed by atoms with E-state index < -0.39 is 17.4 Å². The smallest absolute Gasteiger partial charge is 0.332 e. The molecule has 1 unspecified atom stereocenters. The number of carboxylic acid groups (broad SMARTS) is 1. The average Bonchev–Trinajstić information content (AvgIpc) is 2.19. The molecule has 0 aromatic rings. The molecule has 0 aliphatic heterocycles. The van der Waals surface area contributed by atoms with Crippen LogP contribution in [0.1, 0.15) is 34.1 Å². The summed E-state index contributed by atoms with van der Waals surface area (Å²) in [6, 6.07) is 0. The molecular formula is C12H20O4. The van der Waals surface area contributed by atoms with Gasteiger partial charge in [0.05, 0.1) is 6.61 Å². The molecule has 0 heterocycles. The summed E-state index contributed by atoms with van der Waals surface area (Å²) in [4.78, 5) is 22.9. The second-order valence-electron chi connectivity index (χ2n) is 3.98. The van der Waals surface area contributed by atoms with Crippen LogP contribution in [0.25, 0.3) is 0 Å². The van der Waals surface area contributed by atoms with Gasteiger partial charge in [-0.2, -0.15) is 0 Å². The van der Waals surface area contributed by atoms with E-state index in [0.29, 0.717) is 6.42 Å². The highest BCUT2D eigenvalue weighted by Crippen LogP contribution is 2.39. The van der Waals surface area contributed by atoms with Crippen LogP contribution in [0, 0.1) is 11.3 Å². The third-order valence-corrected chi connectivity index (χ3v) is 2.98. The van der Waals surface area contributed by atoms with Crippen LogP contribution >= 0.6 is 0 Å². The van der Waals surface area contributed by atoms with Crippen LogP contribution in [-0.4, -0.2) is 23.7 Å². The van der Waals surface area contributed by atoms with Gasteiger partial charge in [0.25, 0.3) is 0 Å². The van der Waals surface area contributed by atoms with Crippen molar-refractivity contribution < 1.29 is 19.4 Å². The number of rotatable bonds is 6. The SMILES string of the molecule is C=C(C(=O)O)C(CC)(C(=O)OCC)C(C)C. The normalized spacial score (nSPS) is 14.3. The van der Waals surface area contributed by atoms with Crippen molar-refractivity contribution in [2.75, 3.05) is 6.61 Å². The van der Waals surface area contributed by atoms with Crippen LogP contribution < -0.4 is 0 Å². The van der Waals surface area contributed by atoms with E-state index in [2.05, 4.69) is 6.58 Å². The summed E-state index contributed by atoms with van der Waals surface area (Å²) >= 11 is 0. The van der Waals surface area contributed by atoms with Crippen LogP contribution in [0.4, 0.5) is 0 Å². The van der Waals surface area contributed by atoms with Crippen molar-refractivity contribution >= 4 is 11.9 Å². The zero-order valence-corrected chi connectivity index (χ0v) is 10.4. The fourth-order valence-corrected chi connectivity index (χ4v) is 1.92. The predicted octanol–water partition coefficient (Wildman–Crippen LogP) is 2.24. The molecule has 16 heavy (non-hydrogen) atoms. The van der Waals surface area contributed by atoms with Gasteiger partial charge < -0.3 is 9.84 Å². The van der Waals surface area contributed by atoms with Gasteiger partial charge in [-0.05, 0) is 19.3 Å². The molecule has 0 fully saturated rings. The van der Waals surface area contributed by atoms with Crippen molar-refractivity contribution in [2.24, 2.45) is 11.3 Å². The Hall–Kier alpha value is -1.32. The van der Waals surface area contributed by atoms with E-state index >= 15 is 0 Å². The lowest BCUT2D eigenvalue weighted by Gasteiger charge is -2.34. The predicted molar refractivity (Wildman–Crippen MR) is 61.0 cm³/mol. The summed E-state index contributed by atoms with van der Waals surface area (Å²) in [5.74, 6) is -1.82. The van der Waals surface area contributed by atoms with Crippen LogP contribution in [0.3, 0.4) is 0 Å². The lowest BCUT2D eigenvalue weighted by molar-refractivity contribution is -0.158. The van der Waals surface area contributed by atoms with Crippen molar-refractivity contribution in [3.8, 4) is 0 Å². The van der Waals surface area contributed by atoms with E-state index in [1.54, 1.807) is 27.7 Å². The number of esters is 1. The quantitative estimate of drug-likeness (QED) is 0.559. The number of carbonyl (C=O) groups excluding carboxylic acids is 1. The van der Waals surface area contributed by atoms with Gasteiger partial charge in [0, 0.05) is 5.57 Å². The topological polar surface area (TPSA) is 63.6 Å². The van der Waals surface area contributed by atoms with E-state index in [4.69, 9.17) is 9.84 Å². The highest BCUT2D eigenvalue weighted by molar-refractivity contribution is 5.96. The van der Waals surface area contributed by atoms with Crippen molar-refractivity contribution in [1.82, 2.24) is 0 Å². The lowest BCUT2D eigenvalue weighted by atomic mass is 9.69. The Balaban J connectivity index is 5.40. The Morgan fingerprint density at radius 2 is 1.88 bits per heavy atom. The Bertz CT molecular complexity index is 293. The van der Waals surface area contributed by atoms with Gasteiger partial charge in [-0.1, -0.05) is 27.4 Å². The monoisotopic (exact) mass is 228 g/mol. The highest BCUT2D eigenvalue weighted by atomic mass is 16.5. The molecule has 1 N–H and O–H groups in total. The minimum Gasteiger partial charge on any atom is -0.478 e. The van der Waals surface area contributed by atoms with Gasteiger partial charge in [-0.15, -0.1) is 0 Å². The first kappa shape index (κ1) is 14.7. The maximum Gasteiger partial charge on any atom is 0.332 e. The zero-order valence-electron chi connectivity index (χ0n) is 10.4. The molecule has 0 saturated heterocycles. The number of aliphatic carboxylic acids is 1. The van der Waals surface area contributed by atoms with Gasteiger partial charge in [0.15, 0.2) is 0 Å². The molecule has 0 aliphatic carbocycles. The molecule has 1 atom stereocenters. The summed E-state index contributed by atoms with van der Waals surface area (Å²) in [6.45, 7) is 10.8. The molecule has 0 saturated carbocycles. The Kier molecular flexibility index (Phi) is 5.21. The summed E-state index contributed by atoms with van der Waals surface area (Å²) in [5.41, 5.74) is -1.22. The summed E-state index contributed by atoms with van der Waals surface area (Å²) in [6.07, 6.45) is 0.370. The molecule has 0 aromatic heterocycles. The first-order valence-corrected chi connectivity index (χ1v) is 5.44. The van der Waals surface area contributed by atoms with E-state index in [1.165, 1.54) is 0 Å². The third kappa shape index (κ3) is 2.43. The second kappa shape index (κ2) is 5.68. The average molecular weight is 228 g/mol. The molecule has 0 spiro atoms. The molecule has 0 rings (SSSR count). The molecular weight excluding hydrogens is 208 g/mol. The standard InChI is InChI=1S/C12H20O4/c1-6-12(8(3)4,9(5)10(13)14)11(15)16-7-2/h8H,5-7H2,1-4H3,(H,13,14). The van der Waals surface area contributed by atoms with Crippen LogP contribution in [0.2, 0.25) is 0 Å². The highest BCUT2D eigenvalue weighted by Gasteiger charge is 2.46. The van der Waals surface area contributed by atoms with Gasteiger partial charge in [0.2, 0.25) is 0 Å². The second-order valence-corrected chi connectivity index (χ2v) is 3.98. The van der Waals surface area contributed by atoms with Crippen molar-refractivity contribution in [2.45, 2.75) is 34.1 Å². The molecule has 92 valence electrons. The van der Waals surface area contributed by atoms with E-state index in [9.17, 15) is 9.59 Å². The molecule has 4 heteroatoms. The maximum absolute atomic E-state index is 11.9. The van der Waals surface area contributed by atoms with Crippen LogP contribution in [-0.2, 0) is 14.3 Å². The fourth-order valence-electron chi connectivity index (χ4n) is 1.92. The number of carboxylic acids is 1. The Morgan fingerprint density at radius 3 is 2.12 bits per heavy atom. The Morgan fingerprint density at radius 1 is 1.38 bits per heavy atom. The largest absolute Gasteiger partial charge is 0.478 e. The molecule has 0 radical (unpaired) electrons. The molecule has 0 amide bonds. The summed E-state index contributed by atoms with van der Waals surface area (Å²) < 4.78 is 4.97. The van der Waals surface area contributed by atoms with Crippen molar-refractivity contribution in [3.63, 3.8) is 0 Å². The van der Waals surface area contributed by atoms with Crippen molar-refractivity contribution in [3.05, 3.63) is 12.2 Å². The fraction of sp³-hybridized carbons (Fsp3) is 0.667. The Labute approximate surface area is 96.3 Å². The minimum absolute atomic E-state index is 0.0940. The lowest BCUT2D eigenvalue weighted by Crippen LogP contribution is -2.41. The summed E-state index contributed by atoms with van der Waals surface area (Å²) in [5, 5.41) is 9.01. The number of hydrogen-bond acceptors (Lipinski definition) is 3. The maximum atomic E-state index is 11.9. The van der Waals surface area contributed by atoms with Gasteiger partial charge in [0.1, 0.15) is 5.41 Å². The van der Waals surface area contributed by atoms with E-state index in [-0.39, 0.29) is 18.1 Å².